The Morgan fingerprint density at radius 1 is 1.57 bits per heavy atom. The molecule has 0 atom stereocenters. The van der Waals surface area contributed by atoms with E-state index in [1.165, 1.54) is 0 Å². The normalized spacial score (nSPS) is 9.00. The van der Waals surface area contributed by atoms with E-state index < -0.39 is 0 Å². The Balaban J connectivity index is 3.13. The standard InChI is InChI=1S/C5H9OS/c1-5(2)3-4-7-6/h3-5H,1-2H3. The largest absolute Gasteiger partial charge is 0.213 e. The molecule has 0 fully saturated rings. The van der Waals surface area contributed by atoms with Crippen LogP contribution >= 0.6 is 0 Å². The molecule has 0 bridgehead atoms. The molecule has 0 spiro atoms. The Bertz CT molecular complexity index is 82.1. The molecule has 0 aromatic heterocycles. The van der Waals surface area contributed by atoms with Crippen molar-refractivity contribution in [3.63, 3.8) is 0 Å². The summed E-state index contributed by atoms with van der Waals surface area (Å²) in [6.07, 6.45) is 1.87. The molecule has 0 amide bonds. The van der Waals surface area contributed by atoms with Crippen molar-refractivity contribution in [2.75, 3.05) is 0 Å². The van der Waals surface area contributed by atoms with Gasteiger partial charge in [-0.15, -0.1) is 0 Å². The van der Waals surface area contributed by atoms with Crippen LogP contribution in [0.3, 0.4) is 0 Å². The van der Waals surface area contributed by atoms with Gasteiger partial charge in [-0.25, -0.2) is 4.21 Å². The molecule has 2 heteroatoms. The average Bonchev–Trinajstić information content (AvgIpc) is 1.61. The van der Waals surface area contributed by atoms with Crippen LogP contribution < -0.4 is 0 Å². The highest BCUT2D eigenvalue weighted by Gasteiger charge is 1.85. The Morgan fingerprint density at radius 3 is 2.29 bits per heavy atom. The van der Waals surface area contributed by atoms with Gasteiger partial charge in [0, 0.05) is 5.37 Å². The van der Waals surface area contributed by atoms with Crippen LogP contribution in [0.1, 0.15) is 13.8 Å². The van der Waals surface area contributed by atoms with E-state index in [4.69, 9.17) is 0 Å². The van der Waals surface area contributed by atoms with Crippen molar-refractivity contribution in [1.82, 2.24) is 0 Å². The minimum atomic E-state index is 0.499. The summed E-state index contributed by atoms with van der Waals surface area (Å²) in [5, 5.41) is 1.56. The highest BCUT2D eigenvalue weighted by Crippen LogP contribution is 1.91. The second-order valence-electron chi connectivity index (χ2n) is 1.67. The van der Waals surface area contributed by atoms with Gasteiger partial charge in [-0.2, -0.15) is 0 Å². The summed E-state index contributed by atoms with van der Waals surface area (Å²) < 4.78 is 9.66. The van der Waals surface area contributed by atoms with Crippen molar-refractivity contribution < 1.29 is 4.21 Å². The molecule has 0 aromatic carbocycles. The van der Waals surface area contributed by atoms with Gasteiger partial charge in [-0.1, -0.05) is 13.8 Å². The minimum absolute atomic E-state index is 0.499. The molecule has 0 saturated heterocycles. The number of hydrogen-bond donors (Lipinski definition) is 0. The fourth-order valence-electron chi connectivity index (χ4n) is 0.189. The van der Waals surface area contributed by atoms with Gasteiger partial charge in [0.25, 0.3) is 0 Å². The molecular formula is C5H9OS. The quantitative estimate of drug-likeness (QED) is 0.490. The van der Waals surface area contributed by atoms with Crippen molar-refractivity contribution in [2.45, 2.75) is 13.8 Å². The molecule has 0 rings (SSSR count). The monoisotopic (exact) mass is 117 g/mol. The lowest BCUT2D eigenvalue weighted by Crippen LogP contribution is -1.86. The van der Waals surface area contributed by atoms with Gasteiger partial charge in [-0.3, -0.25) is 0 Å². The molecule has 1 radical (unpaired) electrons. The summed E-state index contributed by atoms with van der Waals surface area (Å²) in [5.74, 6) is 0.501. The first-order valence-corrected chi connectivity index (χ1v) is 3.03. The zero-order valence-electron chi connectivity index (χ0n) is 4.55. The van der Waals surface area contributed by atoms with Crippen LogP contribution in [0.4, 0.5) is 0 Å². The molecule has 0 N–H and O–H groups in total. The fourth-order valence-corrected chi connectivity index (χ4v) is 0.568. The maximum Gasteiger partial charge on any atom is 0.0844 e. The second-order valence-corrected chi connectivity index (χ2v) is 2.13. The van der Waals surface area contributed by atoms with Crippen molar-refractivity contribution >= 4 is 16.6 Å². The zero-order chi connectivity index (χ0) is 5.70. The van der Waals surface area contributed by atoms with Crippen LogP contribution in [0.2, 0.25) is 0 Å². The first-order chi connectivity index (χ1) is 3.27. The summed E-state index contributed by atoms with van der Waals surface area (Å²) >= 11 is 0.499. The maximum absolute atomic E-state index is 9.66. The van der Waals surface area contributed by atoms with Crippen LogP contribution in [0.25, 0.3) is 0 Å². The average molecular weight is 117 g/mol. The molecule has 0 aliphatic rings. The Morgan fingerprint density at radius 2 is 2.14 bits per heavy atom. The number of rotatable bonds is 2. The molecule has 7 heavy (non-hydrogen) atoms. The Labute approximate surface area is 47.8 Å². The lowest BCUT2D eigenvalue weighted by atomic mass is 10.2. The third-order valence-electron chi connectivity index (χ3n) is 0.519. The van der Waals surface area contributed by atoms with Gasteiger partial charge in [0.05, 0.1) is 11.3 Å². The Kier molecular flexibility index (Phi) is 4.00. The first kappa shape index (κ1) is 6.89. The van der Waals surface area contributed by atoms with Gasteiger partial charge in [0.2, 0.25) is 0 Å². The number of hydrogen-bond acceptors (Lipinski definition) is 1. The van der Waals surface area contributed by atoms with Crippen molar-refractivity contribution in [3.05, 3.63) is 6.42 Å². The molecule has 0 aliphatic carbocycles. The molecule has 0 unspecified atom stereocenters. The lowest BCUT2D eigenvalue weighted by Gasteiger charge is -1.90. The van der Waals surface area contributed by atoms with E-state index in [1.807, 2.05) is 20.3 Å². The van der Waals surface area contributed by atoms with Crippen LogP contribution in [-0.4, -0.2) is 9.58 Å². The second kappa shape index (κ2) is 4.06. The zero-order valence-corrected chi connectivity index (χ0v) is 5.37. The minimum Gasteiger partial charge on any atom is -0.213 e. The highest BCUT2D eigenvalue weighted by molar-refractivity contribution is 7.65. The van der Waals surface area contributed by atoms with E-state index in [0.29, 0.717) is 17.2 Å². The van der Waals surface area contributed by atoms with Gasteiger partial charge >= 0.3 is 0 Å². The third kappa shape index (κ3) is 5.89. The summed E-state index contributed by atoms with van der Waals surface area (Å²) in [6.45, 7) is 4.07. The summed E-state index contributed by atoms with van der Waals surface area (Å²) in [4.78, 5) is 0. The first-order valence-electron chi connectivity index (χ1n) is 2.22. The summed E-state index contributed by atoms with van der Waals surface area (Å²) in [5.41, 5.74) is 0. The SMILES string of the molecule is CC(C)[CH]C=S=O. The van der Waals surface area contributed by atoms with Gasteiger partial charge in [0.15, 0.2) is 0 Å². The van der Waals surface area contributed by atoms with Crippen molar-refractivity contribution in [2.24, 2.45) is 5.92 Å². The van der Waals surface area contributed by atoms with E-state index in [-0.39, 0.29) is 0 Å². The third-order valence-corrected chi connectivity index (χ3v) is 0.787. The maximum atomic E-state index is 9.66. The van der Waals surface area contributed by atoms with E-state index >= 15 is 0 Å². The summed E-state index contributed by atoms with van der Waals surface area (Å²) in [6, 6.07) is 0. The molecule has 41 valence electrons. The van der Waals surface area contributed by atoms with Gasteiger partial charge < -0.3 is 0 Å². The molecule has 0 aliphatic heterocycles. The van der Waals surface area contributed by atoms with Crippen LogP contribution in [0, 0.1) is 12.3 Å². The van der Waals surface area contributed by atoms with E-state index in [2.05, 4.69) is 0 Å². The molecular weight excluding hydrogens is 108 g/mol. The Hall–Kier alpha value is -0.110. The van der Waals surface area contributed by atoms with Crippen LogP contribution in [0.15, 0.2) is 0 Å². The molecule has 0 heterocycles. The molecule has 0 saturated carbocycles. The van der Waals surface area contributed by atoms with Gasteiger partial charge in [0.1, 0.15) is 0 Å². The fraction of sp³-hybridized carbons (Fsp3) is 0.600. The predicted molar refractivity (Wildman–Crippen MR) is 33.3 cm³/mol. The van der Waals surface area contributed by atoms with E-state index in [9.17, 15) is 4.21 Å². The smallest absolute Gasteiger partial charge is 0.0844 e. The van der Waals surface area contributed by atoms with E-state index in [1.54, 1.807) is 5.37 Å². The van der Waals surface area contributed by atoms with Crippen molar-refractivity contribution in [3.8, 4) is 0 Å². The van der Waals surface area contributed by atoms with Crippen LogP contribution in [-0.2, 0) is 11.3 Å². The molecule has 0 aromatic rings. The topological polar surface area (TPSA) is 17.1 Å². The van der Waals surface area contributed by atoms with Crippen molar-refractivity contribution in [1.29, 1.82) is 0 Å². The lowest BCUT2D eigenvalue weighted by molar-refractivity contribution is 0.701. The van der Waals surface area contributed by atoms with Crippen LogP contribution in [0.5, 0.6) is 0 Å². The van der Waals surface area contributed by atoms with E-state index in [0.717, 1.165) is 0 Å². The van der Waals surface area contributed by atoms with Gasteiger partial charge in [-0.05, 0) is 12.3 Å². The highest BCUT2D eigenvalue weighted by atomic mass is 32.1. The predicted octanol–water partition coefficient (Wildman–Crippen LogP) is 0.862. The molecule has 1 nitrogen and oxygen atoms in total. The summed E-state index contributed by atoms with van der Waals surface area (Å²) in [7, 11) is 0.